The zero-order chi connectivity index (χ0) is 19.1. The molecule has 3 amide bonds. The third kappa shape index (κ3) is 4.95. The van der Waals surface area contributed by atoms with Crippen LogP contribution in [0.25, 0.3) is 0 Å². The van der Waals surface area contributed by atoms with Crippen LogP contribution >= 0.6 is 0 Å². The number of amides is 3. The molecule has 3 N–H and O–H groups in total. The molecule has 0 saturated heterocycles. The van der Waals surface area contributed by atoms with E-state index >= 15 is 0 Å². The summed E-state index contributed by atoms with van der Waals surface area (Å²) in [6.07, 6.45) is 0. The fourth-order valence-electron chi connectivity index (χ4n) is 2.49. The lowest BCUT2D eigenvalue weighted by Crippen LogP contribution is -2.30. The van der Waals surface area contributed by atoms with E-state index in [0.717, 1.165) is 5.56 Å². The Morgan fingerprint density at radius 3 is 2.35 bits per heavy atom. The molecule has 0 aliphatic carbocycles. The monoisotopic (exact) mass is 359 g/mol. The number of benzene rings is 2. The molecule has 2 aromatic rings. The second-order valence-corrected chi connectivity index (χ2v) is 5.70. The summed E-state index contributed by atoms with van der Waals surface area (Å²) in [4.78, 5) is 25.0. The van der Waals surface area contributed by atoms with Gasteiger partial charge in [0.1, 0.15) is 0 Å². The molecule has 7 heteroatoms. The third-order valence-electron chi connectivity index (χ3n) is 3.93. The highest BCUT2D eigenvalue weighted by atomic mass is 19.1. The molecule has 0 radical (unpaired) electrons. The molecule has 0 aromatic heterocycles. The predicted octanol–water partition coefficient (Wildman–Crippen LogP) is 2.66. The minimum atomic E-state index is -0.603. The number of carbonyl (C=O) groups is 2. The Balaban J connectivity index is 2.08. The fraction of sp³-hybridized carbons (Fsp3) is 0.263. The Morgan fingerprint density at radius 2 is 1.81 bits per heavy atom. The lowest BCUT2D eigenvalue weighted by molar-refractivity contribution is 0.0752. The van der Waals surface area contributed by atoms with E-state index in [1.54, 1.807) is 41.3 Å². The van der Waals surface area contributed by atoms with Gasteiger partial charge in [0.25, 0.3) is 5.91 Å². The molecule has 6 nitrogen and oxygen atoms in total. The highest BCUT2D eigenvalue weighted by Gasteiger charge is 2.15. The number of rotatable bonds is 7. The highest BCUT2D eigenvalue weighted by Crippen LogP contribution is 2.19. The van der Waals surface area contributed by atoms with Crippen molar-refractivity contribution in [2.75, 3.05) is 13.7 Å². The molecule has 138 valence electrons. The first-order valence-electron chi connectivity index (χ1n) is 8.18. The quantitative estimate of drug-likeness (QED) is 0.797. The number of primary amides is 1. The summed E-state index contributed by atoms with van der Waals surface area (Å²) in [6.45, 7) is 2.94. The number of nitrogens with one attached hydrogen (secondary N) is 1. The number of nitrogens with two attached hydrogens (primary N) is 1. The van der Waals surface area contributed by atoms with E-state index in [4.69, 9.17) is 10.5 Å². The number of carbonyl (C=O) groups excluding carboxylic acids is 2. The van der Waals surface area contributed by atoms with Crippen LogP contribution in [0.5, 0.6) is 5.75 Å². The molecule has 0 bridgehead atoms. The van der Waals surface area contributed by atoms with Gasteiger partial charge in [-0.3, -0.25) is 4.79 Å². The fourth-order valence-corrected chi connectivity index (χ4v) is 2.49. The minimum absolute atomic E-state index is 0.155. The van der Waals surface area contributed by atoms with Gasteiger partial charge in [-0.05, 0) is 42.3 Å². The maximum atomic E-state index is 13.8. The van der Waals surface area contributed by atoms with E-state index in [9.17, 15) is 14.0 Å². The molecule has 0 saturated carbocycles. The SMILES string of the molecule is CCN(Cc1ccc(OC)c(F)c1)C(=O)c1ccc(CNC(N)=O)cc1. The Hall–Kier alpha value is -3.09. The van der Waals surface area contributed by atoms with Gasteiger partial charge >= 0.3 is 6.03 Å². The van der Waals surface area contributed by atoms with Crippen LogP contribution in [0.4, 0.5) is 9.18 Å². The smallest absolute Gasteiger partial charge is 0.312 e. The average molecular weight is 359 g/mol. The third-order valence-corrected chi connectivity index (χ3v) is 3.93. The second kappa shape index (κ2) is 8.84. The molecule has 0 heterocycles. The van der Waals surface area contributed by atoms with Crippen molar-refractivity contribution < 1.29 is 18.7 Å². The lowest BCUT2D eigenvalue weighted by Gasteiger charge is -2.21. The van der Waals surface area contributed by atoms with Crippen molar-refractivity contribution in [1.82, 2.24) is 10.2 Å². The normalized spacial score (nSPS) is 10.3. The van der Waals surface area contributed by atoms with E-state index in [1.807, 2.05) is 6.92 Å². The van der Waals surface area contributed by atoms with Crippen LogP contribution in [0.3, 0.4) is 0 Å². The largest absolute Gasteiger partial charge is 0.494 e. The molecule has 0 fully saturated rings. The van der Waals surface area contributed by atoms with Gasteiger partial charge in [-0.1, -0.05) is 18.2 Å². The summed E-state index contributed by atoms with van der Waals surface area (Å²) in [7, 11) is 1.41. The zero-order valence-corrected chi connectivity index (χ0v) is 14.8. The number of urea groups is 1. The molecule has 0 spiro atoms. The second-order valence-electron chi connectivity index (χ2n) is 5.70. The van der Waals surface area contributed by atoms with Crippen molar-refractivity contribution in [3.8, 4) is 5.75 Å². The van der Waals surface area contributed by atoms with Crippen LogP contribution in [0.1, 0.15) is 28.4 Å². The van der Waals surface area contributed by atoms with Gasteiger partial charge in [0.2, 0.25) is 0 Å². The lowest BCUT2D eigenvalue weighted by atomic mass is 10.1. The van der Waals surface area contributed by atoms with Crippen LogP contribution in [0.15, 0.2) is 42.5 Å². The first-order chi connectivity index (χ1) is 12.4. The summed E-state index contributed by atoms with van der Waals surface area (Å²) in [5, 5.41) is 2.49. The van der Waals surface area contributed by atoms with E-state index in [-0.39, 0.29) is 11.7 Å². The van der Waals surface area contributed by atoms with Crippen LogP contribution in [0.2, 0.25) is 0 Å². The van der Waals surface area contributed by atoms with Crippen molar-refractivity contribution in [3.05, 3.63) is 65.0 Å². The van der Waals surface area contributed by atoms with Crippen molar-refractivity contribution in [1.29, 1.82) is 0 Å². The van der Waals surface area contributed by atoms with E-state index in [2.05, 4.69) is 5.32 Å². The number of hydrogen-bond acceptors (Lipinski definition) is 3. The van der Waals surface area contributed by atoms with Crippen molar-refractivity contribution in [2.24, 2.45) is 5.73 Å². The average Bonchev–Trinajstić information content (AvgIpc) is 2.64. The number of hydrogen-bond donors (Lipinski definition) is 2. The molecule has 0 aliphatic rings. The Kier molecular flexibility index (Phi) is 6.54. The Labute approximate surface area is 151 Å². The number of nitrogens with zero attached hydrogens (tertiary/aromatic N) is 1. The number of halogens is 1. The van der Waals surface area contributed by atoms with Gasteiger partial charge in [0.05, 0.1) is 7.11 Å². The molecular formula is C19H22FN3O3. The number of ether oxygens (including phenoxy) is 1. The first kappa shape index (κ1) is 19.2. The summed E-state index contributed by atoms with van der Waals surface area (Å²) >= 11 is 0. The number of methoxy groups -OCH3 is 1. The maximum absolute atomic E-state index is 13.8. The van der Waals surface area contributed by atoms with Crippen LogP contribution in [-0.2, 0) is 13.1 Å². The first-order valence-corrected chi connectivity index (χ1v) is 8.18. The molecule has 0 atom stereocenters. The van der Waals surface area contributed by atoms with E-state index < -0.39 is 11.8 Å². The van der Waals surface area contributed by atoms with Gasteiger partial charge < -0.3 is 20.7 Å². The standard InChI is InChI=1S/C19H22FN3O3/c1-3-23(12-14-6-9-17(26-2)16(20)10-14)18(24)15-7-4-13(5-8-15)11-22-19(21)25/h4-10H,3,11-12H2,1-2H3,(H3,21,22,25). The van der Waals surface area contributed by atoms with Gasteiger partial charge in [-0.15, -0.1) is 0 Å². The molecule has 26 heavy (non-hydrogen) atoms. The molecule has 2 rings (SSSR count). The summed E-state index contributed by atoms with van der Waals surface area (Å²) in [6, 6.07) is 10.9. The maximum Gasteiger partial charge on any atom is 0.312 e. The summed E-state index contributed by atoms with van der Waals surface area (Å²) < 4.78 is 18.7. The van der Waals surface area contributed by atoms with Gasteiger partial charge in [-0.2, -0.15) is 0 Å². The van der Waals surface area contributed by atoms with Crippen molar-refractivity contribution >= 4 is 11.9 Å². The Morgan fingerprint density at radius 1 is 1.15 bits per heavy atom. The predicted molar refractivity (Wildman–Crippen MR) is 96.2 cm³/mol. The Bertz CT molecular complexity index is 778. The molecule has 2 aromatic carbocycles. The molecular weight excluding hydrogens is 337 g/mol. The summed E-state index contributed by atoms with van der Waals surface area (Å²) in [5.74, 6) is -0.443. The van der Waals surface area contributed by atoms with Gasteiger partial charge in [0.15, 0.2) is 11.6 Å². The van der Waals surface area contributed by atoms with Crippen LogP contribution in [0, 0.1) is 5.82 Å². The van der Waals surface area contributed by atoms with Gasteiger partial charge in [0, 0.05) is 25.2 Å². The van der Waals surface area contributed by atoms with E-state index in [0.29, 0.717) is 30.8 Å². The van der Waals surface area contributed by atoms with Crippen LogP contribution < -0.4 is 15.8 Å². The molecule has 0 unspecified atom stereocenters. The molecule has 0 aliphatic heterocycles. The topological polar surface area (TPSA) is 84.7 Å². The van der Waals surface area contributed by atoms with Crippen molar-refractivity contribution in [2.45, 2.75) is 20.0 Å². The highest BCUT2D eigenvalue weighted by molar-refractivity contribution is 5.94. The summed E-state index contributed by atoms with van der Waals surface area (Å²) in [5.41, 5.74) is 7.07. The zero-order valence-electron chi connectivity index (χ0n) is 14.8. The van der Waals surface area contributed by atoms with E-state index in [1.165, 1.54) is 13.2 Å². The van der Waals surface area contributed by atoms with Gasteiger partial charge in [-0.25, -0.2) is 9.18 Å². The van der Waals surface area contributed by atoms with Crippen LogP contribution in [-0.4, -0.2) is 30.5 Å². The minimum Gasteiger partial charge on any atom is -0.494 e. The van der Waals surface area contributed by atoms with Crippen molar-refractivity contribution in [3.63, 3.8) is 0 Å².